The average Bonchev–Trinajstić information content (AvgIpc) is 3.47. The van der Waals surface area contributed by atoms with Crippen LogP contribution in [0.1, 0.15) is 43.2 Å². The highest BCUT2D eigenvalue weighted by molar-refractivity contribution is 5.73. The molecule has 3 aliphatic heterocycles. The summed E-state index contributed by atoms with van der Waals surface area (Å²) in [4.78, 5) is 23.1. The van der Waals surface area contributed by atoms with Gasteiger partial charge in [0.15, 0.2) is 0 Å². The van der Waals surface area contributed by atoms with Crippen LogP contribution < -0.4 is 0 Å². The molecule has 1 aromatic carbocycles. The molecular formula is C24H32F6N2O5. The van der Waals surface area contributed by atoms with Gasteiger partial charge in [0.2, 0.25) is 0 Å². The van der Waals surface area contributed by atoms with Crippen LogP contribution in [0.25, 0.3) is 0 Å². The summed E-state index contributed by atoms with van der Waals surface area (Å²) in [5.74, 6) is -5.51. The van der Waals surface area contributed by atoms with Crippen LogP contribution in [0, 0.1) is 6.92 Å². The van der Waals surface area contributed by atoms with Crippen molar-refractivity contribution in [2.75, 3.05) is 32.8 Å². The molecule has 3 fully saturated rings. The Hall–Kier alpha value is -2.38. The van der Waals surface area contributed by atoms with Crippen LogP contribution in [0.4, 0.5) is 26.3 Å². The first-order valence-electron chi connectivity index (χ1n) is 11.9. The van der Waals surface area contributed by atoms with E-state index < -0.39 is 24.3 Å². The summed E-state index contributed by atoms with van der Waals surface area (Å²) in [5.41, 5.74) is 2.98. The summed E-state index contributed by atoms with van der Waals surface area (Å²) < 4.78 is 69.8. The summed E-state index contributed by atoms with van der Waals surface area (Å²) in [6.07, 6.45) is -3.71. The maximum atomic E-state index is 10.6. The lowest BCUT2D eigenvalue weighted by atomic mass is 9.87. The lowest BCUT2D eigenvalue weighted by Gasteiger charge is -2.39. The predicted octanol–water partition coefficient (Wildman–Crippen LogP) is 4.48. The molecule has 1 atom stereocenters. The summed E-state index contributed by atoms with van der Waals surface area (Å²) in [7, 11) is 0. The molecule has 1 aromatic rings. The van der Waals surface area contributed by atoms with Gasteiger partial charge < -0.3 is 14.9 Å². The predicted molar refractivity (Wildman–Crippen MR) is 121 cm³/mol. The summed E-state index contributed by atoms with van der Waals surface area (Å²) >= 11 is 0. The maximum absolute atomic E-state index is 10.6. The van der Waals surface area contributed by atoms with E-state index in [9.17, 15) is 26.3 Å². The number of hydrogen-bond donors (Lipinski definition) is 2. The normalized spacial score (nSPS) is 22.1. The number of carboxylic acids is 2. The zero-order chi connectivity index (χ0) is 27.9. The number of carboxylic acid groups (broad SMARTS) is 2. The number of ether oxygens (including phenoxy) is 1. The topological polar surface area (TPSA) is 90.3 Å². The molecule has 0 amide bonds. The van der Waals surface area contributed by atoms with Gasteiger partial charge in [0.25, 0.3) is 0 Å². The number of hydrogen-bond acceptors (Lipinski definition) is 5. The molecule has 4 rings (SSSR count). The Labute approximate surface area is 211 Å². The molecule has 0 bridgehead atoms. The van der Waals surface area contributed by atoms with E-state index in [1.807, 2.05) is 0 Å². The van der Waals surface area contributed by atoms with Gasteiger partial charge in [0.1, 0.15) is 0 Å². The quantitative estimate of drug-likeness (QED) is 0.545. The highest BCUT2D eigenvalue weighted by atomic mass is 19.4. The molecule has 0 aromatic heterocycles. The first kappa shape index (κ1) is 30.8. The minimum Gasteiger partial charge on any atom is -0.475 e. The monoisotopic (exact) mass is 542 g/mol. The van der Waals surface area contributed by atoms with Crippen LogP contribution in [0.3, 0.4) is 0 Å². The van der Waals surface area contributed by atoms with Crippen molar-refractivity contribution in [3.63, 3.8) is 0 Å². The van der Waals surface area contributed by atoms with E-state index in [0.29, 0.717) is 6.04 Å². The van der Waals surface area contributed by atoms with E-state index in [0.717, 1.165) is 13.2 Å². The molecule has 210 valence electrons. The second kappa shape index (κ2) is 12.9. The summed E-state index contributed by atoms with van der Waals surface area (Å²) in [6, 6.07) is 9.69. The average molecular weight is 543 g/mol. The molecule has 13 heteroatoms. The van der Waals surface area contributed by atoms with Gasteiger partial charge in [0.05, 0.1) is 12.2 Å². The van der Waals surface area contributed by atoms with E-state index in [1.165, 1.54) is 69.4 Å². The second-order valence-electron chi connectivity index (χ2n) is 9.46. The summed E-state index contributed by atoms with van der Waals surface area (Å²) in [5, 5.41) is 14.2. The molecule has 3 heterocycles. The van der Waals surface area contributed by atoms with E-state index in [4.69, 9.17) is 24.5 Å². The first-order chi connectivity index (χ1) is 17.1. The third kappa shape index (κ3) is 10.1. The number of nitrogens with zero attached hydrogens (tertiary/aromatic N) is 2. The minimum atomic E-state index is -5.08. The van der Waals surface area contributed by atoms with Gasteiger partial charge in [0, 0.05) is 25.7 Å². The standard InChI is InChI=1S/C20H30N2O.2C2HF3O2/c1-17-4-6-18(7-5-17)15-21-12-8-20(9-13-21)14-19(16-23-20)22-10-2-3-11-22;2*3-2(4,5)1(6)7/h4-7,19H,2-3,8-16H2,1H3;2*(H,6,7). The fraction of sp³-hybridized carbons (Fsp3) is 0.667. The van der Waals surface area contributed by atoms with Gasteiger partial charge in [-0.25, -0.2) is 9.59 Å². The number of alkyl halides is 6. The van der Waals surface area contributed by atoms with Crippen molar-refractivity contribution in [3.05, 3.63) is 35.4 Å². The van der Waals surface area contributed by atoms with Crippen LogP contribution in [0.5, 0.6) is 0 Å². The molecule has 1 unspecified atom stereocenters. The Kier molecular flexibility index (Phi) is 10.8. The van der Waals surface area contributed by atoms with Crippen LogP contribution in [-0.4, -0.2) is 88.7 Å². The lowest BCUT2D eigenvalue weighted by molar-refractivity contribution is -0.193. The van der Waals surface area contributed by atoms with Gasteiger partial charge in [-0.15, -0.1) is 0 Å². The van der Waals surface area contributed by atoms with Crippen molar-refractivity contribution in [2.45, 2.75) is 69.6 Å². The SMILES string of the molecule is Cc1ccc(CN2CCC3(CC2)CC(N2CCCC2)CO3)cc1.O=C(O)C(F)(F)F.O=C(O)C(F)(F)F. The molecule has 0 radical (unpaired) electrons. The molecule has 1 spiro atoms. The van der Waals surface area contributed by atoms with Crippen molar-refractivity contribution in [3.8, 4) is 0 Å². The van der Waals surface area contributed by atoms with Gasteiger partial charge in [-0.05, 0) is 57.7 Å². The van der Waals surface area contributed by atoms with Gasteiger partial charge >= 0.3 is 24.3 Å². The number of piperidine rings is 1. The number of aliphatic carboxylic acids is 2. The van der Waals surface area contributed by atoms with E-state index in [1.54, 1.807) is 0 Å². The van der Waals surface area contributed by atoms with E-state index >= 15 is 0 Å². The third-order valence-electron chi connectivity index (χ3n) is 6.63. The Morgan fingerprint density at radius 3 is 1.81 bits per heavy atom. The van der Waals surface area contributed by atoms with Crippen molar-refractivity contribution in [1.82, 2.24) is 9.80 Å². The van der Waals surface area contributed by atoms with E-state index in [2.05, 4.69) is 41.0 Å². The second-order valence-corrected chi connectivity index (χ2v) is 9.46. The first-order valence-corrected chi connectivity index (χ1v) is 11.9. The van der Waals surface area contributed by atoms with E-state index in [-0.39, 0.29) is 5.60 Å². The van der Waals surface area contributed by atoms with Crippen molar-refractivity contribution >= 4 is 11.9 Å². The molecule has 7 nitrogen and oxygen atoms in total. The Balaban J connectivity index is 0.000000286. The number of carbonyl (C=O) groups is 2. The molecule has 0 aliphatic carbocycles. The fourth-order valence-corrected chi connectivity index (χ4v) is 4.58. The molecule has 2 N–H and O–H groups in total. The molecular weight excluding hydrogens is 510 g/mol. The summed E-state index contributed by atoms with van der Waals surface area (Å²) in [6.45, 7) is 9.17. The zero-order valence-corrected chi connectivity index (χ0v) is 20.4. The zero-order valence-electron chi connectivity index (χ0n) is 20.4. The van der Waals surface area contributed by atoms with Crippen LogP contribution in [0.15, 0.2) is 24.3 Å². The lowest BCUT2D eigenvalue weighted by Crippen LogP contribution is -2.44. The Morgan fingerprint density at radius 1 is 0.919 bits per heavy atom. The Morgan fingerprint density at radius 2 is 1.38 bits per heavy atom. The van der Waals surface area contributed by atoms with Gasteiger partial charge in [-0.3, -0.25) is 9.80 Å². The van der Waals surface area contributed by atoms with Gasteiger partial charge in [-0.1, -0.05) is 29.8 Å². The highest BCUT2D eigenvalue weighted by Crippen LogP contribution is 2.38. The molecule has 3 aliphatic rings. The maximum Gasteiger partial charge on any atom is 0.490 e. The van der Waals surface area contributed by atoms with Crippen LogP contribution in [0.2, 0.25) is 0 Å². The van der Waals surface area contributed by atoms with Crippen LogP contribution in [-0.2, 0) is 20.9 Å². The number of rotatable bonds is 3. The Bertz CT molecular complexity index is 853. The van der Waals surface area contributed by atoms with Crippen molar-refractivity contribution in [2.24, 2.45) is 0 Å². The van der Waals surface area contributed by atoms with Crippen molar-refractivity contribution in [1.29, 1.82) is 0 Å². The number of benzene rings is 1. The number of aryl methyl sites for hydroxylation is 1. The molecule has 3 saturated heterocycles. The molecule has 37 heavy (non-hydrogen) atoms. The number of likely N-dealkylation sites (tertiary alicyclic amines) is 2. The smallest absolute Gasteiger partial charge is 0.475 e. The molecule has 0 saturated carbocycles. The highest BCUT2D eigenvalue weighted by Gasteiger charge is 2.44. The largest absolute Gasteiger partial charge is 0.490 e. The van der Waals surface area contributed by atoms with Crippen molar-refractivity contribution < 1.29 is 50.9 Å². The van der Waals surface area contributed by atoms with Gasteiger partial charge in [-0.2, -0.15) is 26.3 Å². The van der Waals surface area contributed by atoms with Crippen LogP contribution >= 0.6 is 0 Å². The third-order valence-corrected chi connectivity index (χ3v) is 6.63. The number of halogens is 6. The fourth-order valence-electron chi connectivity index (χ4n) is 4.58. The minimum absolute atomic E-state index is 0.192.